The molecule has 2 rings (SSSR count). The number of piperidine rings is 1. The summed E-state index contributed by atoms with van der Waals surface area (Å²) in [7, 11) is 0. The first-order valence-electron chi connectivity index (χ1n) is 5.36. The minimum atomic E-state index is -0.982. The Kier molecular flexibility index (Phi) is 2.55. The molecule has 82 valence electrons. The first-order chi connectivity index (χ1) is 7.07. The number of nitrogens with zero attached hydrogens (tertiary/aromatic N) is 1. The average Bonchev–Trinajstić information content (AvgIpc) is 2.20. The first-order valence-corrected chi connectivity index (χ1v) is 5.36. The second-order valence-electron chi connectivity index (χ2n) is 4.49. The number of nitrogen functional groups attached to an aromatic ring is 1. The van der Waals surface area contributed by atoms with Crippen LogP contribution < -0.4 is 10.6 Å². The Morgan fingerprint density at radius 3 is 2.27 bits per heavy atom. The maximum Gasteiger partial charge on any atom is 0.111 e. The van der Waals surface area contributed by atoms with E-state index < -0.39 is 5.67 Å². The maximum absolute atomic E-state index is 13.6. The van der Waals surface area contributed by atoms with Crippen molar-refractivity contribution < 1.29 is 4.39 Å². The fourth-order valence-corrected chi connectivity index (χ4v) is 1.92. The molecule has 0 aliphatic carbocycles. The molecule has 0 aromatic heterocycles. The van der Waals surface area contributed by atoms with Crippen molar-refractivity contribution in [1.29, 1.82) is 0 Å². The molecule has 0 unspecified atom stereocenters. The number of hydrogen-bond acceptors (Lipinski definition) is 2. The Balaban J connectivity index is 2.04. The SMILES string of the molecule is CC1(F)CCN(c2ccc(N)cc2)CC1. The van der Waals surface area contributed by atoms with Crippen molar-refractivity contribution in [2.45, 2.75) is 25.4 Å². The van der Waals surface area contributed by atoms with Crippen LogP contribution in [0.25, 0.3) is 0 Å². The molecule has 0 bridgehead atoms. The van der Waals surface area contributed by atoms with E-state index in [4.69, 9.17) is 5.73 Å². The van der Waals surface area contributed by atoms with Crippen LogP contribution in [0.5, 0.6) is 0 Å². The molecule has 1 aromatic carbocycles. The van der Waals surface area contributed by atoms with Crippen molar-refractivity contribution in [3.05, 3.63) is 24.3 Å². The lowest BCUT2D eigenvalue weighted by atomic mass is 9.95. The number of hydrogen-bond donors (Lipinski definition) is 1. The maximum atomic E-state index is 13.6. The zero-order valence-corrected chi connectivity index (χ0v) is 9.04. The number of anilines is 2. The summed E-state index contributed by atoms with van der Waals surface area (Å²) in [5, 5.41) is 0. The summed E-state index contributed by atoms with van der Waals surface area (Å²) in [6.45, 7) is 3.27. The van der Waals surface area contributed by atoms with Gasteiger partial charge in [-0.25, -0.2) is 4.39 Å². The van der Waals surface area contributed by atoms with Gasteiger partial charge >= 0.3 is 0 Å². The molecule has 0 radical (unpaired) electrons. The second-order valence-corrected chi connectivity index (χ2v) is 4.49. The highest BCUT2D eigenvalue weighted by Crippen LogP contribution is 2.28. The van der Waals surface area contributed by atoms with E-state index in [1.165, 1.54) is 0 Å². The number of alkyl halides is 1. The summed E-state index contributed by atoms with van der Waals surface area (Å²) in [6, 6.07) is 7.77. The summed E-state index contributed by atoms with van der Waals surface area (Å²) >= 11 is 0. The average molecular weight is 208 g/mol. The van der Waals surface area contributed by atoms with Gasteiger partial charge in [-0.1, -0.05) is 0 Å². The van der Waals surface area contributed by atoms with Crippen LogP contribution in [-0.4, -0.2) is 18.8 Å². The third-order valence-electron chi connectivity index (χ3n) is 3.06. The third kappa shape index (κ3) is 2.41. The van der Waals surface area contributed by atoms with Gasteiger partial charge in [0.25, 0.3) is 0 Å². The zero-order valence-electron chi connectivity index (χ0n) is 9.04. The molecular formula is C12H17FN2. The minimum absolute atomic E-state index is 0.609. The Labute approximate surface area is 89.9 Å². The van der Waals surface area contributed by atoms with Crippen LogP contribution in [0.1, 0.15) is 19.8 Å². The number of rotatable bonds is 1. The summed E-state index contributed by atoms with van der Waals surface area (Å²) < 4.78 is 13.6. The van der Waals surface area contributed by atoms with E-state index in [0.29, 0.717) is 12.8 Å². The summed E-state index contributed by atoms with van der Waals surface area (Å²) in [5.74, 6) is 0. The number of halogens is 1. The predicted molar refractivity (Wildman–Crippen MR) is 61.8 cm³/mol. The van der Waals surface area contributed by atoms with Gasteiger partial charge in [0.2, 0.25) is 0 Å². The largest absolute Gasteiger partial charge is 0.399 e. The molecule has 0 saturated carbocycles. The quantitative estimate of drug-likeness (QED) is 0.719. The van der Waals surface area contributed by atoms with E-state index in [1.54, 1.807) is 6.92 Å². The van der Waals surface area contributed by atoms with Crippen LogP contribution in [-0.2, 0) is 0 Å². The van der Waals surface area contributed by atoms with Crippen LogP contribution in [0, 0.1) is 0 Å². The summed E-state index contributed by atoms with van der Waals surface area (Å²) in [4.78, 5) is 2.21. The van der Waals surface area contributed by atoms with E-state index in [9.17, 15) is 4.39 Å². The fourth-order valence-electron chi connectivity index (χ4n) is 1.92. The van der Waals surface area contributed by atoms with E-state index in [-0.39, 0.29) is 0 Å². The fraction of sp³-hybridized carbons (Fsp3) is 0.500. The van der Waals surface area contributed by atoms with Crippen LogP contribution in [0.2, 0.25) is 0 Å². The normalized spacial score (nSPS) is 20.3. The topological polar surface area (TPSA) is 29.3 Å². The lowest BCUT2D eigenvalue weighted by Gasteiger charge is -2.35. The van der Waals surface area contributed by atoms with Gasteiger partial charge in [0.15, 0.2) is 0 Å². The molecule has 15 heavy (non-hydrogen) atoms. The Morgan fingerprint density at radius 2 is 1.73 bits per heavy atom. The number of nitrogens with two attached hydrogens (primary N) is 1. The highest BCUT2D eigenvalue weighted by Gasteiger charge is 2.29. The van der Waals surface area contributed by atoms with E-state index in [0.717, 1.165) is 24.5 Å². The van der Waals surface area contributed by atoms with Crippen molar-refractivity contribution in [2.75, 3.05) is 23.7 Å². The van der Waals surface area contributed by atoms with Crippen molar-refractivity contribution in [2.24, 2.45) is 0 Å². The Morgan fingerprint density at radius 1 is 1.20 bits per heavy atom. The molecule has 1 saturated heterocycles. The predicted octanol–water partition coefficient (Wildman–Crippen LogP) is 2.60. The molecule has 1 aliphatic heterocycles. The van der Waals surface area contributed by atoms with Crippen molar-refractivity contribution in [1.82, 2.24) is 0 Å². The van der Waals surface area contributed by atoms with Crippen molar-refractivity contribution in [3.8, 4) is 0 Å². The van der Waals surface area contributed by atoms with Gasteiger partial charge in [0.1, 0.15) is 5.67 Å². The van der Waals surface area contributed by atoms with Crippen molar-refractivity contribution in [3.63, 3.8) is 0 Å². The molecule has 0 amide bonds. The van der Waals surface area contributed by atoms with Crippen molar-refractivity contribution >= 4 is 11.4 Å². The summed E-state index contributed by atoms with van der Waals surface area (Å²) in [5.41, 5.74) is 6.55. The molecule has 0 atom stereocenters. The summed E-state index contributed by atoms with van der Waals surface area (Å²) in [6.07, 6.45) is 1.22. The van der Waals surface area contributed by atoms with Gasteiger partial charge in [-0.15, -0.1) is 0 Å². The lowest BCUT2D eigenvalue weighted by Crippen LogP contribution is -2.40. The molecule has 1 aromatic rings. The molecule has 0 spiro atoms. The minimum Gasteiger partial charge on any atom is -0.399 e. The standard InChI is InChI=1S/C12H17FN2/c1-12(13)6-8-15(9-7-12)11-4-2-10(14)3-5-11/h2-5H,6-9,14H2,1H3. The van der Waals surface area contributed by atoms with Gasteiger partial charge in [-0.3, -0.25) is 0 Å². The molecule has 1 heterocycles. The monoisotopic (exact) mass is 208 g/mol. The van der Waals surface area contributed by atoms with Gasteiger partial charge in [0.05, 0.1) is 0 Å². The molecular weight excluding hydrogens is 191 g/mol. The van der Waals surface area contributed by atoms with E-state index >= 15 is 0 Å². The highest BCUT2D eigenvalue weighted by atomic mass is 19.1. The molecule has 1 aliphatic rings. The molecule has 2 N–H and O–H groups in total. The molecule has 1 fully saturated rings. The van der Waals surface area contributed by atoms with E-state index in [1.807, 2.05) is 24.3 Å². The number of benzene rings is 1. The third-order valence-corrected chi connectivity index (χ3v) is 3.06. The van der Waals surface area contributed by atoms with Crippen LogP contribution in [0.3, 0.4) is 0 Å². The Bertz CT molecular complexity index is 322. The smallest absolute Gasteiger partial charge is 0.111 e. The van der Waals surface area contributed by atoms with Gasteiger partial charge in [0, 0.05) is 24.5 Å². The lowest BCUT2D eigenvalue weighted by molar-refractivity contribution is 0.149. The Hall–Kier alpha value is -1.25. The molecule has 3 heteroatoms. The highest BCUT2D eigenvalue weighted by molar-refractivity contribution is 5.53. The van der Waals surface area contributed by atoms with Gasteiger partial charge in [-0.05, 0) is 44.0 Å². The van der Waals surface area contributed by atoms with Crippen LogP contribution in [0.4, 0.5) is 15.8 Å². The zero-order chi connectivity index (χ0) is 10.9. The van der Waals surface area contributed by atoms with Gasteiger partial charge in [-0.2, -0.15) is 0 Å². The van der Waals surface area contributed by atoms with Crippen LogP contribution >= 0.6 is 0 Å². The first kappa shape index (κ1) is 10.3. The van der Waals surface area contributed by atoms with Crippen LogP contribution in [0.15, 0.2) is 24.3 Å². The van der Waals surface area contributed by atoms with E-state index in [2.05, 4.69) is 4.90 Å². The van der Waals surface area contributed by atoms with Gasteiger partial charge < -0.3 is 10.6 Å². The second kappa shape index (κ2) is 3.72. The molecule has 2 nitrogen and oxygen atoms in total.